The lowest BCUT2D eigenvalue weighted by Gasteiger charge is -2.20. The number of hydrogen-bond acceptors (Lipinski definition) is 1. The van der Waals surface area contributed by atoms with Crippen molar-refractivity contribution in [2.24, 2.45) is 0 Å². The minimum absolute atomic E-state index is 0.314. The number of halogens is 2. The molecule has 0 aliphatic heterocycles. The second-order valence-corrected chi connectivity index (χ2v) is 5.18. The molecular formula is C12H13BrClN. The summed E-state index contributed by atoms with van der Waals surface area (Å²) in [5.41, 5.74) is 0.723. The van der Waals surface area contributed by atoms with Crippen LogP contribution in [0.25, 0.3) is 0 Å². The Bertz CT molecular complexity index is 393. The Morgan fingerprint density at radius 3 is 2.80 bits per heavy atom. The van der Waals surface area contributed by atoms with Gasteiger partial charge < -0.3 is 0 Å². The highest BCUT2D eigenvalue weighted by molar-refractivity contribution is 9.10. The largest absolute Gasteiger partial charge is 0.297 e. The fourth-order valence-corrected chi connectivity index (χ4v) is 1.64. The van der Waals surface area contributed by atoms with Crippen molar-refractivity contribution in [3.63, 3.8) is 0 Å². The number of benzene rings is 1. The molecule has 1 rings (SSSR count). The van der Waals surface area contributed by atoms with Crippen LogP contribution in [0.1, 0.15) is 19.4 Å². The number of rotatable bonds is 3. The van der Waals surface area contributed by atoms with Crippen LogP contribution in [-0.4, -0.2) is 5.54 Å². The molecule has 80 valence electrons. The maximum Gasteiger partial charge on any atom is 0.0743 e. The highest BCUT2D eigenvalue weighted by Crippen LogP contribution is 2.21. The van der Waals surface area contributed by atoms with Crippen molar-refractivity contribution in [3.8, 4) is 12.3 Å². The first-order valence-electron chi connectivity index (χ1n) is 4.61. The minimum atomic E-state index is -0.314. The van der Waals surface area contributed by atoms with Gasteiger partial charge in [0, 0.05) is 16.0 Å². The molecule has 0 spiro atoms. The number of nitrogens with one attached hydrogen (secondary N) is 1. The zero-order valence-corrected chi connectivity index (χ0v) is 11.1. The summed E-state index contributed by atoms with van der Waals surface area (Å²) in [7, 11) is 0. The maximum atomic E-state index is 6.06. The van der Waals surface area contributed by atoms with E-state index in [1.807, 2.05) is 32.0 Å². The Kier molecular flexibility index (Phi) is 4.21. The zero-order valence-electron chi connectivity index (χ0n) is 8.77. The van der Waals surface area contributed by atoms with Gasteiger partial charge in [-0.1, -0.05) is 33.5 Å². The molecule has 1 N–H and O–H groups in total. The summed E-state index contributed by atoms with van der Waals surface area (Å²) in [6, 6.07) is 5.77. The lowest BCUT2D eigenvalue weighted by atomic mass is 10.1. The van der Waals surface area contributed by atoms with Gasteiger partial charge in [-0.15, -0.1) is 6.42 Å². The molecule has 0 aliphatic rings. The molecule has 1 aromatic rings. The van der Waals surface area contributed by atoms with Crippen molar-refractivity contribution in [2.75, 3.05) is 0 Å². The average Bonchev–Trinajstić information content (AvgIpc) is 2.20. The Hall–Kier alpha value is -0.490. The molecule has 0 unspecified atom stereocenters. The molecule has 0 atom stereocenters. The predicted octanol–water partition coefficient (Wildman–Crippen LogP) is 3.60. The first-order chi connectivity index (χ1) is 6.94. The fraction of sp³-hybridized carbons (Fsp3) is 0.333. The maximum absolute atomic E-state index is 6.06. The molecule has 0 fully saturated rings. The van der Waals surface area contributed by atoms with E-state index < -0.39 is 0 Å². The van der Waals surface area contributed by atoms with E-state index >= 15 is 0 Å². The molecule has 0 heterocycles. The molecule has 15 heavy (non-hydrogen) atoms. The summed E-state index contributed by atoms with van der Waals surface area (Å²) in [6.45, 7) is 4.58. The van der Waals surface area contributed by atoms with E-state index in [4.69, 9.17) is 18.0 Å². The highest BCUT2D eigenvalue weighted by atomic mass is 79.9. The Morgan fingerprint density at radius 2 is 2.20 bits per heavy atom. The number of terminal acetylenes is 1. The molecule has 0 saturated carbocycles. The molecule has 0 saturated heterocycles. The van der Waals surface area contributed by atoms with Crippen LogP contribution in [0.2, 0.25) is 5.02 Å². The summed E-state index contributed by atoms with van der Waals surface area (Å²) in [5.74, 6) is 2.68. The van der Waals surface area contributed by atoms with E-state index in [1.54, 1.807) is 0 Å². The van der Waals surface area contributed by atoms with Crippen LogP contribution in [0.15, 0.2) is 22.7 Å². The van der Waals surface area contributed by atoms with Crippen LogP contribution in [0.3, 0.4) is 0 Å². The van der Waals surface area contributed by atoms with Crippen molar-refractivity contribution in [1.82, 2.24) is 5.32 Å². The molecule has 0 amide bonds. The van der Waals surface area contributed by atoms with Crippen LogP contribution in [-0.2, 0) is 6.54 Å². The first-order valence-corrected chi connectivity index (χ1v) is 5.78. The van der Waals surface area contributed by atoms with Gasteiger partial charge in [0.1, 0.15) is 0 Å². The molecule has 0 bridgehead atoms. The average molecular weight is 287 g/mol. The van der Waals surface area contributed by atoms with Gasteiger partial charge in [-0.2, -0.15) is 0 Å². The quantitative estimate of drug-likeness (QED) is 0.837. The van der Waals surface area contributed by atoms with Gasteiger partial charge in [-0.3, -0.25) is 5.32 Å². The third kappa shape index (κ3) is 3.87. The van der Waals surface area contributed by atoms with Crippen molar-refractivity contribution < 1.29 is 0 Å². The van der Waals surface area contributed by atoms with E-state index in [2.05, 4.69) is 27.2 Å². The van der Waals surface area contributed by atoms with E-state index in [0.717, 1.165) is 15.1 Å². The molecule has 0 aliphatic carbocycles. The van der Waals surface area contributed by atoms with Crippen LogP contribution >= 0.6 is 27.5 Å². The van der Waals surface area contributed by atoms with Crippen molar-refractivity contribution in [1.29, 1.82) is 0 Å². The van der Waals surface area contributed by atoms with E-state index in [1.165, 1.54) is 0 Å². The van der Waals surface area contributed by atoms with Gasteiger partial charge in [0.15, 0.2) is 0 Å². The van der Waals surface area contributed by atoms with Crippen molar-refractivity contribution in [3.05, 3.63) is 33.3 Å². The third-order valence-electron chi connectivity index (χ3n) is 2.09. The summed E-state index contributed by atoms with van der Waals surface area (Å²) in [5, 5.41) is 4.00. The monoisotopic (exact) mass is 285 g/mol. The highest BCUT2D eigenvalue weighted by Gasteiger charge is 2.13. The van der Waals surface area contributed by atoms with Gasteiger partial charge in [0.25, 0.3) is 0 Å². The lowest BCUT2D eigenvalue weighted by Crippen LogP contribution is -2.36. The van der Waals surface area contributed by atoms with Crippen LogP contribution in [0.4, 0.5) is 0 Å². The van der Waals surface area contributed by atoms with E-state index in [0.29, 0.717) is 6.54 Å². The van der Waals surface area contributed by atoms with Gasteiger partial charge in [-0.05, 0) is 37.6 Å². The molecule has 0 aromatic heterocycles. The molecule has 3 heteroatoms. The Balaban J connectivity index is 2.74. The second kappa shape index (κ2) is 5.03. The second-order valence-electron chi connectivity index (χ2n) is 3.86. The van der Waals surface area contributed by atoms with E-state index in [9.17, 15) is 0 Å². The Labute approximate surface area is 104 Å². The minimum Gasteiger partial charge on any atom is -0.297 e. The van der Waals surface area contributed by atoms with Gasteiger partial charge in [0.05, 0.1) is 5.54 Å². The SMILES string of the molecule is C#CC(C)(C)NCc1cc(Br)ccc1Cl. The molecule has 1 aromatic carbocycles. The standard InChI is InChI=1S/C12H13BrClN/c1-4-12(2,3)15-8-9-7-10(13)5-6-11(9)14/h1,5-7,15H,8H2,2-3H3. The third-order valence-corrected chi connectivity index (χ3v) is 2.95. The zero-order chi connectivity index (χ0) is 11.5. The fourth-order valence-electron chi connectivity index (χ4n) is 1.05. The predicted molar refractivity (Wildman–Crippen MR) is 68.9 cm³/mol. The summed E-state index contributed by atoms with van der Waals surface area (Å²) >= 11 is 9.46. The van der Waals surface area contributed by atoms with Crippen LogP contribution < -0.4 is 5.32 Å². The smallest absolute Gasteiger partial charge is 0.0743 e. The summed E-state index contributed by atoms with van der Waals surface area (Å²) < 4.78 is 1.02. The van der Waals surface area contributed by atoms with Crippen molar-refractivity contribution in [2.45, 2.75) is 25.9 Å². The van der Waals surface area contributed by atoms with Crippen molar-refractivity contribution >= 4 is 27.5 Å². The topological polar surface area (TPSA) is 12.0 Å². The summed E-state index contributed by atoms with van der Waals surface area (Å²) in [4.78, 5) is 0. The lowest BCUT2D eigenvalue weighted by molar-refractivity contribution is 0.491. The molecule has 1 nitrogen and oxygen atoms in total. The van der Waals surface area contributed by atoms with E-state index in [-0.39, 0.29) is 5.54 Å². The molecule has 0 radical (unpaired) electrons. The van der Waals surface area contributed by atoms with Gasteiger partial charge in [0.2, 0.25) is 0 Å². The Morgan fingerprint density at radius 1 is 1.53 bits per heavy atom. The van der Waals surface area contributed by atoms with Crippen LogP contribution in [0.5, 0.6) is 0 Å². The van der Waals surface area contributed by atoms with Gasteiger partial charge in [-0.25, -0.2) is 0 Å². The first kappa shape index (κ1) is 12.6. The van der Waals surface area contributed by atoms with Crippen LogP contribution in [0, 0.1) is 12.3 Å². The normalized spacial score (nSPS) is 11.1. The molecular weight excluding hydrogens is 273 g/mol. The van der Waals surface area contributed by atoms with Gasteiger partial charge >= 0.3 is 0 Å². The summed E-state index contributed by atoms with van der Waals surface area (Å²) in [6.07, 6.45) is 5.38. The number of hydrogen-bond donors (Lipinski definition) is 1.